The minimum Gasteiger partial charge on any atom is -0.480 e. The van der Waals surface area contributed by atoms with Crippen molar-refractivity contribution in [2.24, 2.45) is 17.8 Å². The zero-order valence-electron chi connectivity index (χ0n) is 29.6. The van der Waals surface area contributed by atoms with E-state index in [1.165, 1.54) is 49.0 Å². The third-order valence-corrected chi connectivity index (χ3v) is 10.7. The van der Waals surface area contributed by atoms with E-state index in [0.717, 1.165) is 47.3 Å². The van der Waals surface area contributed by atoms with Crippen LogP contribution in [0.3, 0.4) is 0 Å². The maximum atomic E-state index is 13.4. The van der Waals surface area contributed by atoms with Gasteiger partial charge in [0.15, 0.2) is 5.82 Å². The Bertz CT molecular complexity index is 1940. The first-order valence-corrected chi connectivity index (χ1v) is 18.3. The molecule has 0 spiro atoms. The van der Waals surface area contributed by atoms with Gasteiger partial charge in [0.05, 0.1) is 18.1 Å². The second kappa shape index (κ2) is 17.1. The molecule has 2 aliphatic carbocycles. The number of nitriles is 1. The number of allylic oxidation sites excluding steroid dienone is 2. The van der Waals surface area contributed by atoms with E-state index in [1.807, 2.05) is 36.7 Å². The molecule has 3 aromatic carbocycles. The van der Waals surface area contributed by atoms with Crippen LogP contribution in [-0.4, -0.2) is 44.3 Å². The highest BCUT2D eigenvalue weighted by Gasteiger charge is 2.28. The summed E-state index contributed by atoms with van der Waals surface area (Å²) in [4.78, 5) is 48.3. The van der Waals surface area contributed by atoms with Crippen LogP contribution in [0.4, 0.5) is 5.69 Å². The van der Waals surface area contributed by atoms with E-state index in [-0.39, 0.29) is 18.9 Å². The first kappa shape index (κ1) is 36.2. The van der Waals surface area contributed by atoms with Crippen molar-refractivity contribution in [3.63, 3.8) is 0 Å². The summed E-state index contributed by atoms with van der Waals surface area (Å²) < 4.78 is 0. The molecule has 52 heavy (non-hydrogen) atoms. The van der Waals surface area contributed by atoms with Crippen LogP contribution in [0.25, 0.3) is 17.0 Å². The fourth-order valence-corrected chi connectivity index (χ4v) is 7.64. The standard InChI is InChI=1S/C43H45N5O4/c1-2-29-7-11-31(12-8-29)32-15-17-33(18-16-32)38-25-45-42(46-26-38)34-13-9-30(10-14-34)27-48(28-41(50)51)43(52)35-19-21-39(22-20-35)47-40(49)23-36-5-3-4-6-37(36)24-44/h3-6,9-10,13-14,17,19-22,25-26,29,31-32H,2,7-8,11-12,15-16,18,23,27-28H2,1H3,(H,47,49)(H,50,51)/t29-,31-,32?. The van der Waals surface area contributed by atoms with Crippen molar-refractivity contribution >= 4 is 29.0 Å². The Kier molecular flexibility index (Phi) is 11.9. The van der Waals surface area contributed by atoms with Gasteiger partial charge in [-0.2, -0.15) is 5.26 Å². The number of carbonyl (C=O) groups excluding carboxylic acids is 2. The summed E-state index contributed by atoms with van der Waals surface area (Å²) >= 11 is 0. The molecular formula is C43H45N5O4. The van der Waals surface area contributed by atoms with Crippen molar-refractivity contribution in [1.82, 2.24) is 14.9 Å². The van der Waals surface area contributed by atoms with E-state index in [4.69, 9.17) is 0 Å². The van der Waals surface area contributed by atoms with Crippen molar-refractivity contribution in [3.05, 3.63) is 119 Å². The number of carboxylic acid groups (broad SMARTS) is 1. The summed E-state index contributed by atoms with van der Waals surface area (Å²) in [6.07, 6.45) is 16.6. The first-order chi connectivity index (χ1) is 25.3. The number of carboxylic acids is 1. The molecule has 1 unspecified atom stereocenters. The van der Waals surface area contributed by atoms with Gasteiger partial charge < -0.3 is 15.3 Å². The number of hydrogen-bond acceptors (Lipinski definition) is 6. The molecule has 1 heterocycles. The molecule has 1 aromatic heterocycles. The van der Waals surface area contributed by atoms with Crippen LogP contribution >= 0.6 is 0 Å². The molecular weight excluding hydrogens is 651 g/mol. The number of aromatic nitrogens is 2. The van der Waals surface area contributed by atoms with Gasteiger partial charge in [0.25, 0.3) is 5.91 Å². The van der Waals surface area contributed by atoms with Crippen LogP contribution < -0.4 is 5.32 Å². The Labute approximate surface area is 305 Å². The fraction of sp³-hybridized carbons (Fsp3) is 0.349. The third kappa shape index (κ3) is 9.18. The number of aliphatic carboxylic acids is 1. The highest BCUT2D eigenvalue weighted by molar-refractivity contribution is 5.97. The minimum absolute atomic E-state index is 0.0333. The van der Waals surface area contributed by atoms with E-state index < -0.39 is 18.4 Å². The van der Waals surface area contributed by atoms with E-state index in [9.17, 15) is 24.8 Å². The number of amides is 2. The summed E-state index contributed by atoms with van der Waals surface area (Å²) in [7, 11) is 0. The van der Waals surface area contributed by atoms with Gasteiger partial charge in [-0.15, -0.1) is 0 Å². The topological polar surface area (TPSA) is 136 Å². The predicted molar refractivity (Wildman–Crippen MR) is 201 cm³/mol. The molecule has 266 valence electrons. The molecule has 0 saturated heterocycles. The van der Waals surface area contributed by atoms with Crippen molar-refractivity contribution in [2.45, 2.75) is 71.3 Å². The van der Waals surface area contributed by atoms with Crippen molar-refractivity contribution in [1.29, 1.82) is 5.26 Å². The molecule has 0 bridgehead atoms. The van der Waals surface area contributed by atoms with Gasteiger partial charge in [0, 0.05) is 41.3 Å². The highest BCUT2D eigenvalue weighted by atomic mass is 16.4. The number of anilines is 1. The van der Waals surface area contributed by atoms with Crippen LogP contribution in [0.1, 0.15) is 90.9 Å². The minimum atomic E-state index is -1.12. The molecule has 6 rings (SSSR count). The highest BCUT2D eigenvalue weighted by Crippen LogP contribution is 2.41. The van der Waals surface area contributed by atoms with Gasteiger partial charge in [-0.3, -0.25) is 14.4 Å². The average molecular weight is 696 g/mol. The van der Waals surface area contributed by atoms with Gasteiger partial charge in [0.2, 0.25) is 5.91 Å². The fourth-order valence-electron chi connectivity index (χ4n) is 7.64. The lowest BCUT2D eigenvalue weighted by molar-refractivity contribution is -0.137. The summed E-state index contributed by atoms with van der Waals surface area (Å²) in [5, 5.41) is 21.6. The monoisotopic (exact) mass is 695 g/mol. The lowest BCUT2D eigenvalue weighted by Gasteiger charge is -2.35. The van der Waals surface area contributed by atoms with Crippen LogP contribution in [0.5, 0.6) is 0 Å². The van der Waals surface area contributed by atoms with Crippen molar-refractivity contribution in [3.8, 4) is 17.5 Å². The Balaban J connectivity index is 1.04. The van der Waals surface area contributed by atoms with E-state index in [2.05, 4.69) is 34.4 Å². The Morgan fingerprint density at radius 2 is 1.60 bits per heavy atom. The number of benzene rings is 3. The molecule has 1 atom stereocenters. The van der Waals surface area contributed by atoms with Gasteiger partial charge in [-0.05, 0) is 96.9 Å². The van der Waals surface area contributed by atoms with E-state index in [1.54, 1.807) is 48.5 Å². The zero-order valence-corrected chi connectivity index (χ0v) is 29.6. The molecule has 9 heteroatoms. The van der Waals surface area contributed by atoms with Crippen LogP contribution in [-0.2, 0) is 22.6 Å². The van der Waals surface area contributed by atoms with Crippen LogP contribution in [0.2, 0.25) is 0 Å². The zero-order chi connectivity index (χ0) is 36.5. The average Bonchev–Trinajstić information content (AvgIpc) is 3.18. The Morgan fingerprint density at radius 3 is 2.23 bits per heavy atom. The Morgan fingerprint density at radius 1 is 0.885 bits per heavy atom. The molecule has 1 saturated carbocycles. The first-order valence-electron chi connectivity index (χ1n) is 18.3. The van der Waals surface area contributed by atoms with Crippen molar-refractivity contribution in [2.75, 3.05) is 11.9 Å². The number of nitrogens with one attached hydrogen (secondary N) is 1. The number of rotatable bonds is 12. The molecule has 4 aromatic rings. The molecule has 0 radical (unpaired) electrons. The lowest BCUT2D eigenvalue weighted by atomic mass is 9.71. The Hall–Kier alpha value is -5.62. The smallest absolute Gasteiger partial charge is 0.323 e. The van der Waals surface area contributed by atoms with Crippen molar-refractivity contribution < 1.29 is 19.5 Å². The van der Waals surface area contributed by atoms with Crippen LogP contribution in [0, 0.1) is 29.1 Å². The summed E-state index contributed by atoms with van der Waals surface area (Å²) in [5.41, 5.74) is 5.85. The van der Waals surface area contributed by atoms with Gasteiger partial charge in [-0.1, -0.05) is 74.7 Å². The van der Waals surface area contributed by atoms with Crippen LogP contribution in [0.15, 0.2) is 91.3 Å². The maximum absolute atomic E-state index is 13.4. The number of carbonyl (C=O) groups is 3. The predicted octanol–water partition coefficient (Wildman–Crippen LogP) is 8.32. The number of hydrogen-bond donors (Lipinski definition) is 2. The largest absolute Gasteiger partial charge is 0.480 e. The van der Waals surface area contributed by atoms with Gasteiger partial charge in [-0.25, -0.2) is 9.97 Å². The maximum Gasteiger partial charge on any atom is 0.323 e. The van der Waals surface area contributed by atoms with Gasteiger partial charge in [0.1, 0.15) is 6.54 Å². The third-order valence-electron chi connectivity index (χ3n) is 10.7. The second-order valence-electron chi connectivity index (χ2n) is 14.1. The van der Waals surface area contributed by atoms with E-state index >= 15 is 0 Å². The summed E-state index contributed by atoms with van der Waals surface area (Å²) in [5.74, 6) is 1.34. The summed E-state index contributed by atoms with van der Waals surface area (Å²) in [6, 6.07) is 22.8. The molecule has 2 N–H and O–H groups in total. The quantitative estimate of drug-likeness (QED) is 0.152. The van der Waals surface area contributed by atoms with E-state index in [0.29, 0.717) is 28.2 Å². The normalized spacial score (nSPS) is 18.5. The molecule has 2 amide bonds. The number of nitrogens with zero attached hydrogens (tertiary/aromatic N) is 4. The molecule has 9 nitrogen and oxygen atoms in total. The SMILES string of the molecule is CC[C@H]1CC[C@H](C2CC=C(c3cnc(-c4ccc(CN(CC(=O)O)C(=O)c5ccc(NC(=O)Cc6ccccc6C#N)cc5)cc4)nc3)CC2)CC1. The lowest BCUT2D eigenvalue weighted by Crippen LogP contribution is -2.35. The molecule has 0 aliphatic heterocycles. The van der Waals surface area contributed by atoms with Gasteiger partial charge >= 0.3 is 5.97 Å². The second-order valence-corrected chi connectivity index (χ2v) is 14.1. The summed E-state index contributed by atoms with van der Waals surface area (Å²) in [6.45, 7) is 1.94. The molecule has 2 aliphatic rings. The molecule has 1 fully saturated rings.